The SMILES string of the molecule is CCN(CC)S(=O)(=O)c1cc(C(=O)N[C@H](C)C2CC2)ccc1Cl. The number of amides is 1. The molecule has 2 rings (SSSR count). The number of nitrogens with zero attached hydrogens (tertiary/aromatic N) is 1. The fourth-order valence-corrected chi connectivity index (χ4v) is 4.51. The Bertz CT molecular complexity index is 683. The van der Waals surface area contributed by atoms with Gasteiger partial charge in [0.15, 0.2) is 0 Å². The van der Waals surface area contributed by atoms with Gasteiger partial charge < -0.3 is 5.32 Å². The Labute approximate surface area is 143 Å². The van der Waals surface area contributed by atoms with Crippen molar-refractivity contribution in [2.24, 2.45) is 5.92 Å². The van der Waals surface area contributed by atoms with Gasteiger partial charge in [-0.25, -0.2) is 8.42 Å². The fraction of sp³-hybridized carbons (Fsp3) is 0.562. The van der Waals surface area contributed by atoms with E-state index in [0.717, 1.165) is 12.8 Å². The maximum atomic E-state index is 12.6. The minimum Gasteiger partial charge on any atom is -0.349 e. The van der Waals surface area contributed by atoms with E-state index in [1.165, 1.54) is 16.4 Å². The van der Waals surface area contributed by atoms with Gasteiger partial charge in [-0.15, -0.1) is 0 Å². The van der Waals surface area contributed by atoms with Crippen LogP contribution in [0.2, 0.25) is 5.02 Å². The molecule has 0 aliphatic heterocycles. The van der Waals surface area contributed by atoms with Crippen molar-refractivity contribution >= 4 is 27.5 Å². The van der Waals surface area contributed by atoms with Gasteiger partial charge in [-0.2, -0.15) is 4.31 Å². The lowest BCUT2D eigenvalue weighted by Gasteiger charge is -2.20. The average molecular weight is 359 g/mol. The Morgan fingerprint density at radius 2 is 1.96 bits per heavy atom. The highest BCUT2D eigenvalue weighted by Gasteiger charge is 2.30. The first-order valence-corrected chi connectivity index (χ1v) is 9.73. The second kappa shape index (κ2) is 7.20. The molecule has 1 atom stereocenters. The van der Waals surface area contributed by atoms with Crippen LogP contribution in [0.3, 0.4) is 0 Å². The molecule has 0 aromatic heterocycles. The average Bonchev–Trinajstić information content (AvgIpc) is 3.32. The first-order valence-electron chi connectivity index (χ1n) is 7.91. The number of benzene rings is 1. The summed E-state index contributed by atoms with van der Waals surface area (Å²) >= 11 is 6.07. The third-order valence-corrected chi connectivity index (χ3v) is 6.74. The summed E-state index contributed by atoms with van der Waals surface area (Å²) in [6.07, 6.45) is 2.26. The van der Waals surface area contributed by atoms with Crippen molar-refractivity contribution in [3.63, 3.8) is 0 Å². The molecule has 128 valence electrons. The highest BCUT2D eigenvalue weighted by atomic mass is 35.5. The summed E-state index contributed by atoms with van der Waals surface area (Å²) in [5.74, 6) is 0.266. The second-order valence-electron chi connectivity index (χ2n) is 5.83. The Morgan fingerprint density at radius 1 is 1.35 bits per heavy atom. The molecule has 1 aliphatic rings. The molecule has 0 heterocycles. The summed E-state index contributed by atoms with van der Waals surface area (Å²) in [7, 11) is -3.70. The molecule has 7 heteroatoms. The number of carbonyl (C=O) groups is 1. The van der Waals surface area contributed by atoms with Gasteiger partial charge in [-0.3, -0.25) is 4.79 Å². The molecule has 1 saturated carbocycles. The van der Waals surface area contributed by atoms with Crippen LogP contribution in [0, 0.1) is 5.92 Å². The van der Waals surface area contributed by atoms with Crippen molar-refractivity contribution < 1.29 is 13.2 Å². The molecule has 5 nitrogen and oxygen atoms in total. The van der Waals surface area contributed by atoms with E-state index in [0.29, 0.717) is 24.6 Å². The van der Waals surface area contributed by atoms with E-state index >= 15 is 0 Å². The lowest BCUT2D eigenvalue weighted by atomic mass is 10.1. The molecule has 0 radical (unpaired) electrons. The van der Waals surface area contributed by atoms with Crippen LogP contribution < -0.4 is 5.32 Å². The molecule has 1 N–H and O–H groups in total. The smallest absolute Gasteiger partial charge is 0.251 e. The van der Waals surface area contributed by atoms with Gasteiger partial charge in [0.05, 0.1) is 5.02 Å². The number of halogens is 1. The Balaban J connectivity index is 2.29. The van der Waals surface area contributed by atoms with Gasteiger partial charge in [0.25, 0.3) is 5.91 Å². The van der Waals surface area contributed by atoms with E-state index in [-0.39, 0.29) is 21.9 Å². The van der Waals surface area contributed by atoms with Crippen molar-refractivity contribution in [1.82, 2.24) is 9.62 Å². The molecule has 0 unspecified atom stereocenters. The van der Waals surface area contributed by atoms with Crippen molar-refractivity contribution in [2.45, 2.75) is 44.6 Å². The molecular formula is C16H23ClN2O3S. The zero-order valence-corrected chi connectivity index (χ0v) is 15.2. The number of hydrogen-bond acceptors (Lipinski definition) is 3. The van der Waals surface area contributed by atoms with Gasteiger partial charge in [-0.1, -0.05) is 25.4 Å². The highest BCUT2D eigenvalue weighted by molar-refractivity contribution is 7.89. The molecular weight excluding hydrogens is 336 g/mol. The number of nitrogens with one attached hydrogen (secondary N) is 1. The van der Waals surface area contributed by atoms with Crippen LogP contribution in [-0.2, 0) is 10.0 Å². The maximum absolute atomic E-state index is 12.6. The fourth-order valence-electron chi connectivity index (χ4n) is 2.55. The summed E-state index contributed by atoms with van der Waals surface area (Å²) in [5, 5.41) is 3.05. The molecule has 0 bridgehead atoms. The quantitative estimate of drug-likeness (QED) is 0.814. The molecule has 1 aliphatic carbocycles. The van der Waals surface area contributed by atoms with Crippen molar-refractivity contribution in [2.75, 3.05) is 13.1 Å². The minimum absolute atomic E-state index is 0.0189. The summed E-state index contributed by atoms with van der Waals surface area (Å²) in [6.45, 7) is 6.21. The van der Waals surface area contributed by atoms with Crippen molar-refractivity contribution in [3.8, 4) is 0 Å². The predicted octanol–water partition coefficient (Wildman–Crippen LogP) is 2.90. The lowest BCUT2D eigenvalue weighted by molar-refractivity contribution is 0.0935. The van der Waals surface area contributed by atoms with Crippen molar-refractivity contribution in [3.05, 3.63) is 28.8 Å². The topological polar surface area (TPSA) is 66.5 Å². The molecule has 1 aromatic rings. The van der Waals surface area contributed by atoms with Crippen LogP contribution in [0.4, 0.5) is 0 Å². The molecule has 1 aromatic carbocycles. The summed E-state index contributed by atoms with van der Waals surface area (Å²) in [6, 6.07) is 4.49. The highest BCUT2D eigenvalue weighted by Crippen LogP contribution is 2.32. The zero-order valence-electron chi connectivity index (χ0n) is 13.7. The number of carbonyl (C=O) groups excluding carboxylic acids is 1. The van der Waals surface area contributed by atoms with Gasteiger partial charge in [0.1, 0.15) is 4.90 Å². The second-order valence-corrected chi connectivity index (χ2v) is 8.15. The van der Waals surface area contributed by atoms with E-state index < -0.39 is 10.0 Å². The van der Waals surface area contributed by atoms with E-state index in [2.05, 4.69) is 5.32 Å². The molecule has 0 saturated heterocycles. The van der Waals surface area contributed by atoms with Crippen LogP contribution in [-0.4, -0.2) is 37.8 Å². The van der Waals surface area contributed by atoms with Crippen LogP contribution in [0.15, 0.2) is 23.1 Å². The molecule has 23 heavy (non-hydrogen) atoms. The monoisotopic (exact) mass is 358 g/mol. The Kier molecular flexibility index (Phi) is 5.70. The van der Waals surface area contributed by atoms with E-state index in [1.54, 1.807) is 19.9 Å². The Morgan fingerprint density at radius 3 is 2.48 bits per heavy atom. The van der Waals surface area contributed by atoms with Crippen molar-refractivity contribution in [1.29, 1.82) is 0 Å². The normalized spacial score (nSPS) is 16.4. The third kappa shape index (κ3) is 4.05. The van der Waals surface area contributed by atoms with Crippen LogP contribution in [0.5, 0.6) is 0 Å². The lowest BCUT2D eigenvalue weighted by Crippen LogP contribution is -2.34. The van der Waals surface area contributed by atoms with Gasteiger partial charge in [0.2, 0.25) is 10.0 Å². The summed E-state index contributed by atoms with van der Waals surface area (Å²) < 4.78 is 26.6. The van der Waals surface area contributed by atoms with Crippen LogP contribution in [0.1, 0.15) is 44.0 Å². The predicted molar refractivity (Wildman–Crippen MR) is 91.2 cm³/mol. The number of rotatable bonds is 7. The van der Waals surface area contributed by atoms with E-state index in [4.69, 9.17) is 11.6 Å². The molecule has 1 fully saturated rings. The minimum atomic E-state index is -3.70. The van der Waals surface area contributed by atoms with Crippen LogP contribution >= 0.6 is 11.6 Å². The van der Waals surface area contributed by atoms with Gasteiger partial charge in [0, 0.05) is 24.7 Å². The maximum Gasteiger partial charge on any atom is 0.251 e. The van der Waals surface area contributed by atoms with E-state index in [9.17, 15) is 13.2 Å². The molecule has 0 spiro atoms. The molecule has 1 amide bonds. The first kappa shape index (κ1) is 18.2. The van der Waals surface area contributed by atoms with Gasteiger partial charge >= 0.3 is 0 Å². The van der Waals surface area contributed by atoms with Gasteiger partial charge in [-0.05, 0) is 43.9 Å². The Hall–Kier alpha value is -1.11. The first-order chi connectivity index (χ1) is 10.8. The number of hydrogen-bond donors (Lipinski definition) is 1. The standard InChI is InChI=1S/C16H23ClN2O3S/c1-4-19(5-2)23(21,22)15-10-13(8-9-14(15)17)16(20)18-11(3)12-6-7-12/h8-12H,4-7H2,1-3H3,(H,18,20)/t11-/m1/s1. The number of sulfonamides is 1. The van der Waals surface area contributed by atoms with Crippen LogP contribution in [0.25, 0.3) is 0 Å². The van der Waals surface area contributed by atoms with E-state index in [1.807, 2.05) is 6.92 Å². The zero-order chi connectivity index (χ0) is 17.2. The summed E-state index contributed by atoms with van der Waals surface area (Å²) in [4.78, 5) is 12.3. The third-order valence-electron chi connectivity index (χ3n) is 4.20. The summed E-state index contributed by atoms with van der Waals surface area (Å²) in [5.41, 5.74) is 0.313. The largest absolute Gasteiger partial charge is 0.349 e.